The minimum atomic E-state index is -3.46. The second-order valence-corrected chi connectivity index (χ2v) is 11.4. The van der Waals surface area contributed by atoms with Crippen LogP contribution in [0.4, 0.5) is 5.13 Å². The van der Waals surface area contributed by atoms with Crippen LogP contribution in [-0.2, 0) is 21.1 Å². The monoisotopic (exact) mass is 483 g/mol. The number of thioether (sulfide) groups is 1. The van der Waals surface area contributed by atoms with E-state index in [2.05, 4.69) is 15.5 Å². The number of benzene rings is 3. The van der Waals surface area contributed by atoms with E-state index in [1.807, 2.05) is 61.5 Å². The van der Waals surface area contributed by atoms with Crippen LogP contribution in [0.15, 0.2) is 76.5 Å². The van der Waals surface area contributed by atoms with E-state index in [-0.39, 0.29) is 23.8 Å². The predicted molar refractivity (Wildman–Crippen MR) is 130 cm³/mol. The van der Waals surface area contributed by atoms with Crippen LogP contribution >= 0.6 is 23.1 Å². The minimum absolute atomic E-state index is 0.0722. The maximum Gasteiger partial charge on any atom is 0.236 e. The second-order valence-electron chi connectivity index (χ2n) is 7.23. The van der Waals surface area contributed by atoms with E-state index in [4.69, 9.17) is 0 Å². The molecule has 1 amide bonds. The highest BCUT2D eigenvalue weighted by molar-refractivity contribution is 8.00. The average molecular weight is 484 g/mol. The van der Waals surface area contributed by atoms with Gasteiger partial charge in [0.05, 0.1) is 16.4 Å². The highest BCUT2D eigenvalue weighted by atomic mass is 32.2. The molecule has 1 heterocycles. The molecule has 0 bridgehead atoms. The lowest BCUT2D eigenvalue weighted by atomic mass is 10.1. The molecule has 0 aliphatic heterocycles. The third-order valence-electron chi connectivity index (χ3n) is 4.77. The van der Waals surface area contributed by atoms with Crippen molar-refractivity contribution in [2.24, 2.45) is 0 Å². The van der Waals surface area contributed by atoms with Gasteiger partial charge in [0, 0.05) is 11.3 Å². The molecule has 32 heavy (non-hydrogen) atoms. The zero-order valence-corrected chi connectivity index (χ0v) is 19.8. The number of carbonyl (C=O) groups is 1. The molecule has 1 N–H and O–H groups in total. The van der Waals surface area contributed by atoms with Gasteiger partial charge >= 0.3 is 0 Å². The molecule has 3 aromatic carbocycles. The number of nitrogens with one attached hydrogen (secondary N) is 1. The summed E-state index contributed by atoms with van der Waals surface area (Å²) < 4.78 is 25.5. The molecule has 0 spiro atoms. The number of aryl methyl sites for hydroxylation is 2. The molecule has 0 saturated heterocycles. The number of aromatic nitrogens is 2. The molecular formula is C23H21N3O3S3. The Morgan fingerprint density at radius 1 is 1.00 bits per heavy atom. The Balaban J connectivity index is 1.32. The van der Waals surface area contributed by atoms with E-state index in [9.17, 15) is 13.2 Å². The first kappa shape index (κ1) is 22.4. The predicted octanol–water partition coefficient (Wildman–Crippen LogP) is 4.75. The summed E-state index contributed by atoms with van der Waals surface area (Å²) in [5.41, 5.74) is 1.17. The molecule has 0 radical (unpaired) electrons. The zero-order chi connectivity index (χ0) is 22.6. The number of nitrogens with zero attached hydrogens (tertiary/aromatic N) is 2. The van der Waals surface area contributed by atoms with Crippen molar-refractivity contribution >= 4 is 54.7 Å². The summed E-state index contributed by atoms with van der Waals surface area (Å²) >= 11 is 2.64. The van der Waals surface area contributed by atoms with Gasteiger partial charge in [-0.05, 0) is 42.0 Å². The largest absolute Gasteiger partial charge is 0.300 e. The summed E-state index contributed by atoms with van der Waals surface area (Å²) in [6.45, 7) is 2.02. The van der Waals surface area contributed by atoms with Crippen molar-refractivity contribution in [3.63, 3.8) is 0 Å². The van der Waals surface area contributed by atoms with Gasteiger partial charge in [-0.1, -0.05) is 59.4 Å². The first-order valence-electron chi connectivity index (χ1n) is 9.92. The van der Waals surface area contributed by atoms with E-state index in [0.29, 0.717) is 15.0 Å². The number of anilines is 1. The van der Waals surface area contributed by atoms with Crippen LogP contribution in [0.3, 0.4) is 0 Å². The quantitative estimate of drug-likeness (QED) is 0.364. The number of hydrogen-bond donors (Lipinski definition) is 1. The number of hydrogen-bond acceptors (Lipinski definition) is 7. The Morgan fingerprint density at radius 3 is 2.53 bits per heavy atom. The Labute approximate surface area is 195 Å². The van der Waals surface area contributed by atoms with Crippen LogP contribution in [0.2, 0.25) is 0 Å². The number of fused-ring (bicyclic) bond motifs is 1. The van der Waals surface area contributed by atoms with E-state index in [1.54, 1.807) is 12.1 Å². The maximum atomic E-state index is 12.8. The highest BCUT2D eigenvalue weighted by Crippen LogP contribution is 2.23. The summed E-state index contributed by atoms with van der Waals surface area (Å²) in [5.74, 6) is 0.00738. The van der Waals surface area contributed by atoms with Crippen molar-refractivity contribution in [2.45, 2.75) is 23.1 Å². The van der Waals surface area contributed by atoms with Crippen molar-refractivity contribution in [2.75, 3.05) is 16.8 Å². The van der Waals surface area contributed by atoms with E-state index < -0.39 is 9.84 Å². The van der Waals surface area contributed by atoms with Gasteiger partial charge in [0.15, 0.2) is 9.84 Å². The van der Waals surface area contributed by atoms with Gasteiger partial charge in [0.1, 0.15) is 5.01 Å². The molecule has 0 aliphatic carbocycles. The van der Waals surface area contributed by atoms with E-state index in [0.717, 1.165) is 15.7 Å². The van der Waals surface area contributed by atoms with Gasteiger partial charge in [-0.15, -0.1) is 22.0 Å². The van der Waals surface area contributed by atoms with Gasteiger partial charge in [-0.25, -0.2) is 8.42 Å². The molecule has 0 fully saturated rings. The Kier molecular flexibility index (Phi) is 6.88. The van der Waals surface area contributed by atoms with E-state index in [1.165, 1.54) is 28.7 Å². The number of rotatable bonds is 8. The SMILES string of the molecule is Cc1ccc(SCC(=O)Nc2nnc(CCS(=O)(=O)c3ccc4ccccc4c3)s2)cc1. The molecule has 9 heteroatoms. The fourth-order valence-electron chi connectivity index (χ4n) is 3.04. The number of amides is 1. The molecule has 4 rings (SSSR count). The first-order chi connectivity index (χ1) is 15.4. The van der Waals surface area contributed by atoms with Crippen LogP contribution in [0.1, 0.15) is 10.6 Å². The van der Waals surface area contributed by atoms with Crippen LogP contribution in [0.5, 0.6) is 0 Å². The fraction of sp³-hybridized carbons (Fsp3) is 0.174. The Hall–Kier alpha value is -2.75. The van der Waals surface area contributed by atoms with Gasteiger partial charge in [0.2, 0.25) is 11.0 Å². The lowest BCUT2D eigenvalue weighted by Crippen LogP contribution is -2.13. The summed E-state index contributed by atoms with van der Waals surface area (Å²) in [5, 5.41) is 13.5. The Bertz CT molecular complexity index is 1350. The van der Waals surface area contributed by atoms with Crippen LogP contribution in [0, 0.1) is 6.92 Å². The van der Waals surface area contributed by atoms with Crippen molar-refractivity contribution < 1.29 is 13.2 Å². The van der Waals surface area contributed by atoms with Crippen molar-refractivity contribution in [3.8, 4) is 0 Å². The number of carbonyl (C=O) groups excluding carboxylic acids is 1. The molecule has 0 unspecified atom stereocenters. The van der Waals surface area contributed by atoms with Crippen LogP contribution < -0.4 is 5.32 Å². The minimum Gasteiger partial charge on any atom is -0.300 e. The summed E-state index contributed by atoms with van der Waals surface area (Å²) in [7, 11) is -3.46. The second kappa shape index (κ2) is 9.81. The van der Waals surface area contributed by atoms with Crippen molar-refractivity contribution in [1.82, 2.24) is 10.2 Å². The molecule has 0 atom stereocenters. The molecule has 4 aromatic rings. The van der Waals surface area contributed by atoms with Crippen LogP contribution in [-0.4, -0.2) is 36.0 Å². The van der Waals surface area contributed by atoms with Crippen molar-refractivity contribution in [1.29, 1.82) is 0 Å². The van der Waals surface area contributed by atoms with Crippen molar-refractivity contribution in [3.05, 3.63) is 77.3 Å². The Morgan fingerprint density at radius 2 is 1.75 bits per heavy atom. The average Bonchev–Trinajstić information content (AvgIpc) is 3.24. The smallest absolute Gasteiger partial charge is 0.236 e. The van der Waals surface area contributed by atoms with Gasteiger partial charge in [0.25, 0.3) is 0 Å². The molecule has 0 saturated carbocycles. The molecule has 6 nitrogen and oxygen atoms in total. The molecule has 164 valence electrons. The lowest BCUT2D eigenvalue weighted by Gasteiger charge is -2.05. The van der Waals surface area contributed by atoms with Gasteiger partial charge in [-0.2, -0.15) is 0 Å². The zero-order valence-electron chi connectivity index (χ0n) is 17.3. The number of sulfone groups is 1. The van der Waals surface area contributed by atoms with Crippen LogP contribution in [0.25, 0.3) is 10.8 Å². The third-order valence-corrected chi connectivity index (χ3v) is 8.39. The fourth-order valence-corrected chi connectivity index (χ4v) is 5.91. The van der Waals surface area contributed by atoms with Gasteiger partial charge in [-0.3, -0.25) is 10.1 Å². The standard InChI is InChI=1S/C23H21N3O3S3/c1-16-6-9-19(10-7-16)30-15-21(27)24-23-26-25-22(31-23)12-13-32(28,29)20-11-8-17-4-2-3-5-18(17)14-20/h2-11,14H,12-13,15H2,1H3,(H,24,26,27). The first-order valence-corrected chi connectivity index (χ1v) is 13.4. The van der Waals surface area contributed by atoms with E-state index >= 15 is 0 Å². The third kappa shape index (κ3) is 5.73. The molecular weight excluding hydrogens is 462 g/mol. The highest BCUT2D eigenvalue weighted by Gasteiger charge is 2.17. The van der Waals surface area contributed by atoms with Gasteiger partial charge < -0.3 is 0 Å². The topological polar surface area (TPSA) is 89.0 Å². The maximum absolute atomic E-state index is 12.8. The summed E-state index contributed by atoms with van der Waals surface area (Å²) in [6.07, 6.45) is 0.237. The summed E-state index contributed by atoms with van der Waals surface area (Å²) in [6, 6.07) is 20.8. The normalized spacial score (nSPS) is 11.5. The molecule has 0 aliphatic rings. The molecule has 1 aromatic heterocycles. The summed E-state index contributed by atoms with van der Waals surface area (Å²) in [4.78, 5) is 13.5. The lowest BCUT2D eigenvalue weighted by molar-refractivity contribution is -0.113.